The van der Waals surface area contributed by atoms with Gasteiger partial charge in [0.1, 0.15) is 10.7 Å². The highest BCUT2D eigenvalue weighted by Crippen LogP contribution is 2.19. The summed E-state index contributed by atoms with van der Waals surface area (Å²) in [7, 11) is -1.98. The molecule has 0 radical (unpaired) electrons. The van der Waals surface area contributed by atoms with Gasteiger partial charge in [0.2, 0.25) is 10.0 Å². The van der Waals surface area contributed by atoms with Crippen LogP contribution in [-0.2, 0) is 10.0 Å². The van der Waals surface area contributed by atoms with Crippen molar-refractivity contribution in [2.45, 2.75) is 18.7 Å². The Balaban J connectivity index is 2.99. The van der Waals surface area contributed by atoms with Crippen LogP contribution in [0.4, 0.5) is 5.82 Å². The summed E-state index contributed by atoms with van der Waals surface area (Å²) in [6, 6.07) is 0. The molecule has 1 aromatic heterocycles. The second kappa shape index (κ2) is 4.19. The van der Waals surface area contributed by atoms with Gasteiger partial charge in [0.05, 0.1) is 6.20 Å². The van der Waals surface area contributed by atoms with Crippen molar-refractivity contribution in [2.75, 3.05) is 19.3 Å². The van der Waals surface area contributed by atoms with Gasteiger partial charge in [-0.2, -0.15) is 5.10 Å². The second-order valence-electron chi connectivity index (χ2n) is 3.83. The van der Waals surface area contributed by atoms with Crippen molar-refractivity contribution in [3.63, 3.8) is 0 Å². The molecule has 0 saturated carbocycles. The lowest BCUT2D eigenvalue weighted by atomic mass is 10.2. The van der Waals surface area contributed by atoms with Crippen LogP contribution in [0.25, 0.3) is 0 Å². The molecule has 0 aromatic carbocycles. The lowest BCUT2D eigenvalue weighted by Gasteiger charge is -2.18. The van der Waals surface area contributed by atoms with Crippen LogP contribution < -0.4 is 5.73 Å². The van der Waals surface area contributed by atoms with Crippen LogP contribution in [0.3, 0.4) is 0 Å². The molecule has 3 N–H and O–H groups in total. The Kier molecular flexibility index (Phi) is 3.35. The number of nitrogens with two attached hydrogens (primary N) is 1. The Hall–Kier alpha value is -1.08. The molecule has 1 heterocycles. The van der Waals surface area contributed by atoms with Gasteiger partial charge in [0, 0.05) is 13.6 Å². The molecular formula is C8H16N4O2S. The van der Waals surface area contributed by atoms with Crippen LogP contribution in [0, 0.1) is 5.92 Å². The van der Waals surface area contributed by atoms with E-state index in [4.69, 9.17) is 5.73 Å². The molecule has 0 bridgehead atoms. The SMILES string of the molecule is CC(C)CN(C)S(=O)(=O)c1cn[nH]c1N. The Bertz CT molecular complexity index is 424. The first-order valence-electron chi connectivity index (χ1n) is 4.61. The fourth-order valence-corrected chi connectivity index (χ4v) is 2.61. The third-order valence-corrected chi connectivity index (χ3v) is 3.79. The number of aromatic nitrogens is 2. The molecule has 1 rings (SSSR count). The smallest absolute Gasteiger partial charge is 0.248 e. The van der Waals surface area contributed by atoms with Gasteiger partial charge in [-0.3, -0.25) is 5.10 Å². The number of hydrogen-bond donors (Lipinski definition) is 2. The maximum absolute atomic E-state index is 11.9. The van der Waals surface area contributed by atoms with Crippen LogP contribution in [0.5, 0.6) is 0 Å². The maximum Gasteiger partial charge on any atom is 0.248 e. The fraction of sp³-hybridized carbons (Fsp3) is 0.625. The molecule has 0 aliphatic rings. The van der Waals surface area contributed by atoms with Gasteiger partial charge >= 0.3 is 0 Å². The first-order valence-corrected chi connectivity index (χ1v) is 6.05. The minimum Gasteiger partial charge on any atom is -0.383 e. The highest BCUT2D eigenvalue weighted by molar-refractivity contribution is 7.89. The van der Waals surface area contributed by atoms with Crippen LogP contribution in [0.15, 0.2) is 11.1 Å². The van der Waals surface area contributed by atoms with Crippen molar-refractivity contribution in [1.82, 2.24) is 14.5 Å². The van der Waals surface area contributed by atoms with Crippen molar-refractivity contribution >= 4 is 15.8 Å². The summed E-state index contributed by atoms with van der Waals surface area (Å²) in [5.74, 6) is 0.337. The molecule has 0 aliphatic carbocycles. The predicted octanol–water partition coefficient (Wildman–Crippen LogP) is 0.268. The monoisotopic (exact) mass is 232 g/mol. The number of nitrogens with zero attached hydrogens (tertiary/aromatic N) is 2. The summed E-state index contributed by atoms with van der Waals surface area (Å²) >= 11 is 0. The van der Waals surface area contributed by atoms with E-state index in [-0.39, 0.29) is 16.6 Å². The quantitative estimate of drug-likeness (QED) is 0.779. The molecule has 86 valence electrons. The van der Waals surface area contributed by atoms with Gasteiger partial charge in [0.15, 0.2) is 0 Å². The molecule has 0 unspecified atom stereocenters. The van der Waals surface area contributed by atoms with Crippen LogP contribution in [0.1, 0.15) is 13.8 Å². The van der Waals surface area contributed by atoms with E-state index >= 15 is 0 Å². The molecule has 0 atom stereocenters. The Morgan fingerprint density at radius 3 is 2.60 bits per heavy atom. The number of anilines is 1. The van der Waals surface area contributed by atoms with Gasteiger partial charge in [0.25, 0.3) is 0 Å². The van der Waals surface area contributed by atoms with Gasteiger partial charge in [-0.05, 0) is 5.92 Å². The molecule has 0 saturated heterocycles. The minimum absolute atomic E-state index is 0.0330. The highest BCUT2D eigenvalue weighted by Gasteiger charge is 2.24. The largest absolute Gasteiger partial charge is 0.383 e. The average Bonchev–Trinajstić information content (AvgIpc) is 2.50. The topological polar surface area (TPSA) is 92.1 Å². The van der Waals surface area contributed by atoms with Crippen LogP contribution in [-0.4, -0.2) is 36.5 Å². The number of hydrogen-bond acceptors (Lipinski definition) is 4. The predicted molar refractivity (Wildman–Crippen MR) is 57.7 cm³/mol. The second-order valence-corrected chi connectivity index (χ2v) is 5.84. The molecule has 7 heteroatoms. The fourth-order valence-electron chi connectivity index (χ4n) is 1.27. The van der Waals surface area contributed by atoms with E-state index in [9.17, 15) is 8.42 Å². The van der Waals surface area contributed by atoms with E-state index in [1.807, 2.05) is 13.8 Å². The number of sulfonamides is 1. The lowest BCUT2D eigenvalue weighted by Crippen LogP contribution is -2.30. The van der Waals surface area contributed by atoms with E-state index in [1.54, 1.807) is 0 Å². The zero-order valence-electron chi connectivity index (χ0n) is 9.06. The summed E-state index contributed by atoms with van der Waals surface area (Å²) in [5, 5.41) is 6.00. The molecule has 0 aliphatic heterocycles. The summed E-state index contributed by atoms with van der Waals surface area (Å²) in [6.45, 7) is 4.35. The molecule has 15 heavy (non-hydrogen) atoms. The molecule has 0 spiro atoms. The average molecular weight is 232 g/mol. The van der Waals surface area contributed by atoms with Gasteiger partial charge in [-0.15, -0.1) is 0 Å². The summed E-state index contributed by atoms with van der Waals surface area (Å²) in [6.07, 6.45) is 1.22. The summed E-state index contributed by atoms with van der Waals surface area (Å²) in [4.78, 5) is 0.0330. The van der Waals surface area contributed by atoms with Crippen molar-refractivity contribution < 1.29 is 8.42 Å². The van der Waals surface area contributed by atoms with E-state index in [0.717, 1.165) is 0 Å². The third-order valence-electron chi connectivity index (χ3n) is 1.94. The Morgan fingerprint density at radius 2 is 2.20 bits per heavy atom. The first kappa shape index (κ1) is 12.0. The maximum atomic E-state index is 11.9. The molecule has 0 amide bonds. The Morgan fingerprint density at radius 1 is 1.60 bits per heavy atom. The molecule has 0 fully saturated rings. The van der Waals surface area contributed by atoms with Gasteiger partial charge in [-0.1, -0.05) is 13.8 Å². The third kappa shape index (κ3) is 2.48. The van der Waals surface area contributed by atoms with E-state index in [0.29, 0.717) is 6.54 Å². The number of H-pyrrole nitrogens is 1. The molecular weight excluding hydrogens is 216 g/mol. The number of nitrogen functional groups attached to an aromatic ring is 1. The molecule has 6 nitrogen and oxygen atoms in total. The van der Waals surface area contributed by atoms with Crippen molar-refractivity contribution in [1.29, 1.82) is 0 Å². The van der Waals surface area contributed by atoms with Gasteiger partial charge < -0.3 is 5.73 Å². The zero-order chi connectivity index (χ0) is 11.6. The first-order chi connectivity index (χ1) is 6.85. The molecule has 1 aromatic rings. The van der Waals surface area contributed by atoms with Crippen LogP contribution >= 0.6 is 0 Å². The van der Waals surface area contributed by atoms with E-state index < -0.39 is 10.0 Å². The number of aromatic amines is 1. The van der Waals surface area contributed by atoms with E-state index in [2.05, 4.69) is 10.2 Å². The van der Waals surface area contributed by atoms with Crippen molar-refractivity contribution in [2.24, 2.45) is 5.92 Å². The zero-order valence-corrected chi connectivity index (χ0v) is 9.87. The van der Waals surface area contributed by atoms with Gasteiger partial charge in [-0.25, -0.2) is 12.7 Å². The van der Waals surface area contributed by atoms with Crippen molar-refractivity contribution in [3.8, 4) is 0 Å². The number of nitrogens with one attached hydrogen (secondary N) is 1. The summed E-state index contributed by atoms with van der Waals surface area (Å²) in [5.41, 5.74) is 5.47. The van der Waals surface area contributed by atoms with E-state index in [1.165, 1.54) is 17.5 Å². The lowest BCUT2D eigenvalue weighted by molar-refractivity contribution is 0.417. The van der Waals surface area contributed by atoms with Crippen LogP contribution in [0.2, 0.25) is 0 Å². The summed E-state index contributed by atoms with van der Waals surface area (Å²) < 4.78 is 25.1. The van der Waals surface area contributed by atoms with Crippen molar-refractivity contribution in [3.05, 3.63) is 6.20 Å². The minimum atomic E-state index is -3.51. The standard InChI is InChI=1S/C8H16N4O2S/c1-6(2)5-12(3)15(13,14)7-4-10-11-8(7)9/h4,6H,5H2,1-3H3,(H3,9,10,11). The number of rotatable bonds is 4. The highest BCUT2D eigenvalue weighted by atomic mass is 32.2. The Labute approximate surface area is 89.5 Å². The normalized spacial score (nSPS) is 12.6.